The highest BCUT2D eigenvalue weighted by atomic mass is 16.6. The van der Waals surface area contributed by atoms with Gasteiger partial charge in [0.2, 0.25) is 0 Å². The van der Waals surface area contributed by atoms with Gasteiger partial charge in [-0.15, -0.1) is 0 Å². The van der Waals surface area contributed by atoms with Crippen molar-refractivity contribution in [2.45, 2.75) is 52.1 Å². The molecule has 1 heterocycles. The molecule has 0 bridgehead atoms. The smallest absolute Gasteiger partial charge is 0.316 e. The van der Waals surface area contributed by atoms with Crippen molar-refractivity contribution < 1.29 is 9.53 Å². The first kappa shape index (κ1) is 9.04. The monoisotopic (exact) mass is 182 g/mol. The highest BCUT2D eigenvalue weighted by Gasteiger charge is 2.63. The van der Waals surface area contributed by atoms with Crippen LogP contribution in [0.5, 0.6) is 0 Å². The van der Waals surface area contributed by atoms with Crippen LogP contribution in [0.3, 0.4) is 0 Å². The van der Waals surface area contributed by atoms with E-state index in [2.05, 4.69) is 6.92 Å². The molecule has 0 aromatic heterocycles. The van der Waals surface area contributed by atoms with Gasteiger partial charge in [0.05, 0.1) is 0 Å². The fourth-order valence-corrected chi connectivity index (χ4v) is 2.53. The molecule has 0 atom stereocenters. The van der Waals surface area contributed by atoms with Gasteiger partial charge in [-0.1, -0.05) is 6.92 Å². The number of esters is 1. The van der Waals surface area contributed by atoms with E-state index in [4.69, 9.17) is 4.74 Å². The minimum absolute atomic E-state index is 0.0120. The van der Waals surface area contributed by atoms with Crippen LogP contribution in [-0.4, -0.2) is 11.6 Å². The van der Waals surface area contributed by atoms with E-state index in [1.54, 1.807) is 0 Å². The van der Waals surface area contributed by atoms with Gasteiger partial charge in [-0.2, -0.15) is 0 Å². The fraction of sp³-hybridized carbons (Fsp3) is 0.909. The summed E-state index contributed by atoms with van der Waals surface area (Å²) in [6, 6.07) is 0. The Labute approximate surface area is 79.7 Å². The third kappa shape index (κ3) is 1.04. The third-order valence-corrected chi connectivity index (χ3v) is 4.02. The lowest BCUT2D eigenvalue weighted by atomic mass is 9.61. The van der Waals surface area contributed by atoms with Crippen LogP contribution in [-0.2, 0) is 9.53 Å². The highest BCUT2D eigenvalue weighted by Crippen LogP contribution is 2.54. The molecule has 13 heavy (non-hydrogen) atoms. The van der Waals surface area contributed by atoms with E-state index < -0.39 is 0 Å². The zero-order valence-corrected chi connectivity index (χ0v) is 8.72. The molecule has 1 aliphatic carbocycles. The number of rotatable bonds is 0. The van der Waals surface area contributed by atoms with Crippen molar-refractivity contribution in [3.05, 3.63) is 0 Å². The zero-order chi connectivity index (χ0) is 9.69. The standard InChI is InChI=1S/C11H18O2/c1-8-4-6-11(7-5-8)10(2,3)9(12)13-11/h8H,4-7H2,1-3H3. The molecular formula is C11H18O2. The molecule has 0 radical (unpaired) electrons. The molecule has 0 N–H and O–H groups in total. The maximum absolute atomic E-state index is 11.3. The van der Waals surface area contributed by atoms with Crippen molar-refractivity contribution in [3.8, 4) is 0 Å². The van der Waals surface area contributed by atoms with Crippen LogP contribution in [0.4, 0.5) is 0 Å². The second kappa shape index (κ2) is 2.49. The van der Waals surface area contributed by atoms with Crippen LogP contribution in [0.25, 0.3) is 0 Å². The zero-order valence-electron chi connectivity index (χ0n) is 8.72. The second-order valence-corrected chi connectivity index (χ2v) is 5.19. The van der Waals surface area contributed by atoms with E-state index in [0.29, 0.717) is 0 Å². The van der Waals surface area contributed by atoms with Crippen molar-refractivity contribution >= 4 is 5.97 Å². The summed E-state index contributed by atoms with van der Waals surface area (Å²) in [6.07, 6.45) is 4.53. The summed E-state index contributed by atoms with van der Waals surface area (Å²) in [4.78, 5) is 11.3. The molecule has 0 unspecified atom stereocenters. The molecule has 74 valence electrons. The van der Waals surface area contributed by atoms with Crippen molar-refractivity contribution in [2.24, 2.45) is 11.3 Å². The minimum atomic E-state index is -0.229. The Morgan fingerprint density at radius 2 is 1.85 bits per heavy atom. The Morgan fingerprint density at radius 1 is 1.31 bits per heavy atom. The van der Waals surface area contributed by atoms with Gasteiger partial charge in [0, 0.05) is 0 Å². The van der Waals surface area contributed by atoms with Gasteiger partial charge in [0.1, 0.15) is 11.0 Å². The van der Waals surface area contributed by atoms with Crippen molar-refractivity contribution in [2.75, 3.05) is 0 Å². The van der Waals surface area contributed by atoms with Crippen molar-refractivity contribution in [3.63, 3.8) is 0 Å². The Morgan fingerprint density at radius 3 is 2.23 bits per heavy atom. The molecule has 0 aromatic rings. The molecule has 2 heteroatoms. The average molecular weight is 182 g/mol. The van der Waals surface area contributed by atoms with Gasteiger partial charge in [0.25, 0.3) is 0 Å². The summed E-state index contributed by atoms with van der Waals surface area (Å²) in [5.74, 6) is 0.794. The van der Waals surface area contributed by atoms with E-state index in [-0.39, 0.29) is 17.0 Å². The second-order valence-electron chi connectivity index (χ2n) is 5.19. The van der Waals surface area contributed by atoms with Crippen LogP contribution in [0.2, 0.25) is 0 Å². The van der Waals surface area contributed by atoms with Gasteiger partial charge < -0.3 is 4.74 Å². The van der Waals surface area contributed by atoms with Gasteiger partial charge in [-0.25, -0.2) is 0 Å². The molecular weight excluding hydrogens is 164 g/mol. The Kier molecular flexibility index (Phi) is 1.73. The Hall–Kier alpha value is -0.530. The first-order valence-corrected chi connectivity index (χ1v) is 5.21. The van der Waals surface area contributed by atoms with Gasteiger partial charge in [0.15, 0.2) is 0 Å². The van der Waals surface area contributed by atoms with E-state index in [1.165, 1.54) is 12.8 Å². The molecule has 2 fully saturated rings. The van der Waals surface area contributed by atoms with Crippen LogP contribution in [0, 0.1) is 11.3 Å². The summed E-state index contributed by atoms with van der Waals surface area (Å²) in [7, 11) is 0. The number of carbonyl (C=O) groups excluding carboxylic acids is 1. The van der Waals surface area contributed by atoms with E-state index in [9.17, 15) is 4.79 Å². The predicted octanol–water partition coefficient (Wildman–Crippen LogP) is 2.52. The van der Waals surface area contributed by atoms with E-state index >= 15 is 0 Å². The lowest BCUT2D eigenvalue weighted by molar-refractivity contribution is -0.245. The lowest BCUT2D eigenvalue weighted by Gasteiger charge is -2.56. The quantitative estimate of drug-likeness (QED) is 0.538. The van der Waals surface area contributed by atoms with Gasteiger partial charge >= 0.3 is 5.97 Å². The topological polar surface area (TPSA) is 26.3 Å². The molecule has 0 amide bonds. The van der Waals surface area contributed by atoms with Crippen molar-refractivity contribution in [1.82, 2.24) is 0 Å². The number of hydrogen-bond donors (Lipinski definition) is 0. The molecule has 0 aromatic carbocycles. The largest absolute Gasteiger partial charge is 0.457 e. The minimum Gasteiger partial charge on any atom is -0.457 e. The SMILES string of the molecule is CC1CCC2(CC1)OC(=O)C2(C)C. The van der Waals surface area contributed by atoms with Crippen molar-refractivity contribution in [1.29, 1.82) is 0 Å². The molecule has 2 rings (SSSR count). The van der Waals surface area contributed by atoms with Crippen LogP contribution >= 0.6 is 0 Å². The average Bonchev–Trinajstić information content (AvgIpc) is 2.09. The van der Waals surface area contributed by atoms with E-state index in [1.807, 2.05) is 13.8 Å². The van der Waals surface area contributed by atoms with E-state index in [0.717, 1.165) is 18.8 Å². The maximum Gasteiger partial charge on any atom is 0.316 e. The molecule has 1 aliphatic heterocycles. The molecule has 2 nitrogen and oxygen atoms in total. The highest BCUT2D eigenvalue weighted by molar-refractivity contribution is 5.84. The summed E-state index contributed by atoms with van der Waals surface area (Å²) in [5.41, 5.74) is -0.330. The maximum atomic E-state index is 11.3. The van der Waals surface area contributed by atoms with Crippen LogP contribution in [0.15, 0.2) is 0 Å². The molecule has 1 saturated carbocycles. The summed E-state index contributed by atoms with van der Waals surface area (Å²) in [6.45, 7) is 6.32. The summed E-state index contributed by atoms with van der Waals surface area (Å²) >= 11 is 0. The lowest BCUT2D eigenvalue weighted by Crippen LogP contribution is -2.64. The Balaban J connectivity index is 2.12. The van der Waals surface area contributed by atoms with Crippen LogP contribution < -0.4 is 0 Å². The first-order chi connectivity index (χ1) is 5.98. The predicted molar refractivity (Wildman–Crippen MR) is 50.2 cm³/mol. The van der Waals surface area contributed by atoms with Crippen LogP contribution in [0.1, 0.15) is 46.5 Å². The molecule has 1 saturated heterocycles. The number of carbonyl (C=O) groups is 1. The number of ether oxygens (including phenoxy) is 1. The summed E-state index contributed by atoms with van der Waals surface area (Å²) < 4.78 is 5.39. The van der Waals surface area contributed by atoms with Gasteiger partial charge in [-0.3, -0.25) is 4.79 Å². The molecule has 2 aliphatic rings. The number of hydrogen-bond acceptors (Lipinski definition) is 2. The Bertz CT molecular complexity index is 234. The first-order valence-electron chi connectivity index (χ1n) is 5.21. The third-order valence-electron chi connectivity index (χ3n) is 4.02. The molecule has 1 spiro atoms. The fourth-order valence-electron chi connectivity index (χ4n) is 2.53. The summed E-state index contributed by atoms with van der Waals surface area (Å²) in [5, 5.41) is 0. The van der Waals surface area contributed by atoms with Gasteiger partial charge in [-0.05, 0) is 45.4 Å². The normalized spacial score (nSPS) is 42.7.